The normalized spacial score (nSPS) is 16.0. The molecule has 2 aromatic carbocycles. The zero-order valence-electron chi connectivity index (χ0n) is 16.2. The molecule has 1 unspecified atom stereocenters. The number of furan rings is 1. The van der Waals surface area contributed by atoms with Crippen molar-refractivity contribution < 1.29 is 9.15 Å². The molecule has 4 aromatic rings. The van der Waals surface area contributed by atoms with Crippen molar-refractivity contribution in [3.63, 3.8) is 0 Å². The Labute approximate surface area is 192 Å². The van der Waals surface area contributed by atoms with Crippen LogP contribution in [0.2, 0.25) is 0 Å². The quantitative estimate of drug-likeness (QED) is 0.283. The van der Waals surface area contributed by atoms with E-state index in [0.29, 0.717) is 0 Å². The molecule has 5 nitrogen and oxygen atoms in total. The van der Waals surface area contributed by atoms with Gasteiger partial charge in [-0.2, -0.15) is 5.10 Å². The van der Waals surface area contributed by atoms with Crippen LogP contribution in [-0.4, -0.2) is 17.8 Å². The van der Waals surface area contributed by atoms with Crippen LogP contribution in [0.4, 0.5) is 5.13 Å². The molecule has 2 aromatic heterocycles. The van der Waals surface area contributed by atoms with Gasteiger partial charge in [-0.25, -0.2) is 9.99 Å². The largest absolute Gasteiger partial charge is 0.497 e. The lowest BCUT2D eigenvalue weighted by Gasteiger charge is -2.18. The van der Waals surface area contributed by atoms with Crippen LogP contribution >= 0.6 is 33.9 Å². The molecule has 1 atom stereocenters. The Hall–Kier alpha value is -2.65. The molecule has 0 amide bonds. The van der Waals surface area contributed by atoms with E-state index in [9.17, 15) is 0 Å². The van der Waals surface area contributed by atoms with E-state index in [1.54, 1.807) is 24.7 Å². The molecular weight excluding hydrogens is 509 g/mol. The maximum absolute atomic E-state index is 5.74. The van der Waals surface area contributed by atoms with E-state index in [0.717, 1.165) is 45.6 Å². The Morgan fingerprint density at radius 3 is 2.53 bits per heavy atom. The molecule has 1 aliphatic rings. The van der Waals surface area contributed by atoms with Gasteiger partial charge in [0.15, 0.2) is 0 Å². The van der Waals surface area contributed by atoms with Crippen molar-refractivity contribution in [1.82, 2.24) is 4.98 Å². The number of anilines is 1. The number of ether oxygens (including phenoxy) is 1. The van der Waals surface area contributed by atoms with Crippen LogP contribution in [0.15, 0.2) is 81.8 Å². The van der Waals surface area contributed by atoms with E-state index in [2.05, 4.69) is 52.2 Å². The second-order valence-corrected chi connectivity index (χ2v) is 8.96. The molecule has 0 fully saturated rings. The first-order valence-corrected chi connectivity index (χ1v) is 11.4. The predicted octanol–water partition coefficient (Wildman–Crippen LogP) is 6.37. The van der Waals surface area contributed by atoms with E-state index in [-0.39, 0.29) is 6.04 Å². The molecule has 30 heavy (non-hydrogen) atoms. The summed E-state index contributed by atoms with van der Waals surface area (Å²) in [6, 6.07) is 20.3. The second-order valence-electron chi connectivity index (χ2n) is 6.88. The van der Waals surface area contributed by atoms with Gasteiger partial charge in [0.1, 0.15) is 17.6 Å². The van der Waals surface area contributed by atoms with Crippen molar-refractivity contribution in [3.8, 4) is 17.0 Å². The predicted molar refractivity (Wildman–Crippen MR) is 128 cm³/mol. The number of benzene rings is 2. The van der Waals surface area contributed by atoms with Crippen LogP contribution in [-0.2, 0) is 0 Å². The third kappa shape index (κ3) is 3.75. The third-order valence-corrected chi connectivity index (χ3v) is 6.58. The van der Waals surface area contributed by atoms with Crippen LogP contribution in [0.1, 0.15) is 23.8 Å². The average Bonchev–Trinajstić information content (AvgIpc) is 3.54. The number of methoxy groups -OCH3 is 1. The highest BCUT2D eigenvalue weighted by atomic mass is 127. The third-order valence-electron chi connectivity index (χ3n) is 5.03. The van der Waals surface area contributed by atoms with Gasteiger partial charge < -0.3 is 9.15 Å². The van der Waals surface area contributed by atoms with E-state index in [1.807, 2.05) is 41.4 Å². The van der Waals surface area contributed by atoms with E-state index >= 15 is 0 Å². The lowest BCUT2D eigenvalue weighted by molar-refractivity contribution is 0.415. The van der Waals surface area contributed by atoms with E-state index in [1.165, 1.54) is 3.57 Å². The van der Waals surface area contributed by atoms with Crippen molar-refractivity contribution in [3.05, 3.63) is 87.2 Å². The topological polar surface area (TPSA) is 50.9 Å². The fourth-order valence-corrected chi connectivity index (χ4v) is 4.66. The van der Waals surface area contributed by atoms with E-state index < -0.39 is 0 Å². The van der Waals surface area contributed by atoms with Crippen molar-refractivity contribution in [2.45, 2.75) is 12.5 Å². The zero-order valence-corrected chi connectivity index (χ0v) is 19.1. The standard InChI is InChI=1S/C23H18IN3O2S/c1-28-18-10-6-15(7-11-18)19-13-21(22-3-2-12-29-22)27(26-19)23-25-20(14-30-23)16-4-8-17(24)9-5-16/h2-12,14,21H,13H2,1H3. The average molecular weight is 527 g/mol. The first-order chi connectivity index (χ1) is 14.7. The van der Waals surface area contributed by atoms with Gasteiger partial charge in [0.25, 0.3) is 0 Å². The highest BCUT2D eigenvalue weighted by Gasteiger charge is 2.33. The Balaban J connectivity index is 1.50. The van der Waals surface area contributed by atoms with Gasteiger partial charge in [-0.05, 0) is 76.7 Å². The van der Waals surface area contributed by atoms with Crippen LogP contribution in [0, 0.1) is 3.57 Å². The number of nitrogens with zero attached hydrogens (tertiary/aromatic N) is 3. The summed E-state index contributed by atoms with van der Waals surface area (Å²) in [5.41, 5.74) is 4.14. The molecule has 0 radical (unpaired) electrons. The van der Waals surface area contributed by atoms with Crippen molar-refractivity contribution in [2.75, 3.05) is 12.1 Å². The van der Waals surface area contributed by atoms with Gasteiger partial charge in [-0.3, -0.25) is 0 Å². The minimum Gasteiger partial charge on any atom is -0.497 e. The molecule has 0 saturated heterocycles. The monoisotopic (exact) mass is 527 g/mol. The summed E-state index contributed by atoms with van der Waals surface area (Å²) in [6.07, 6.45) is 2.45. The number of aromatic nitrogens is 1. The fraction of sp³-hybridized carbons (Fsp3) is 0.130. The number of thiazole rings is 1. The maximum Gasteiger partial charge on any atom is 0.207 e. The summed E-state index contributed by atoms with van der Waals surface area (Å²) in [5.74, 6) is 1.71. The van der Waals surface area contributed by atoms with Gasteiger partial charge in [0.2, 0.25) is 5.13 Å². The molecule has 5 rings (SSSR count). The van der Waals surface area contributed by atoms with Gasteiger partial charge in [-0.15, -0.1) is 11.3 Å². The van der Waals surface area contributed by atoms with Crippen LogP contribution < -0.4 is 9.75 Å². The van der Waals surface area contributed by atoms with Crippen molar-refractivity contribution in [1.29, 1.82) is 0 Å². The smallest absolute Gasteiger partial charge is 0.207 e. The molecule has 3 heterocycles. The first kappa shape index (κ1) is 19.3. The summed E-state index contributed by atoms with van der Waals surface area (Å²) in [4.78, 5) is 4.88. The minimum absolute atomic E-state index is 0.0205. The zero-order chi connectivity index (χ0) is 20.5. The number of rotatable bonds is 5. The number of hydrogen-bond donors (Lipinski definition) is 0. The van der Waals surface area contributed by atoms with Crippen molar-refractivity contribution >= 4 is 44.8 Å². The van der Waals surface area contributed by atoms with Gasteiger partial charge >= 0.3 is 0 Å². The summed E-state index contributed by atoms with van der Waals surface area (Å²) >= 11 is 3.90. The molecule has 0 aliphatic carbocycles. The lowest BCUT2D eigenvalue weighted by atomic mass is 10.0. The van der Waals surface area contributed by atoms with Crippen LogP contribution in [0.3, 0.4) is 0 Å². The fourth-order valence-electron chi connectivity index (χ4n) is 3.47. The van der Waals surface area contributed by atoms with Gasteiger partial charge in [0.05, 0.1) is 24.8 Å². The molecule has 0 N–H and O–H groups in total. The molecular formula is C23H18IN3O2S. The van der Waals surface area contributed by atoms with Crippen molar-refractivity contribution in [2.24, 2.45) is 5.10 Å². The highest BCUT2D eigenvalue weighted by molar-refractivity contribution is 14.1. The molecule has 1 aliphatic heterocycles. The molecule has 0 saturated carbocycles. The molecule has 0 bridgehead atoms. The summed E-state index contributed by atoms with van der Waals surface area (Å²) in [5, 5.41) is 9.86. The Morgan fingerprint density at radius 1 is 1.07 bits per heavy atom. The Bertz CT molecular complexity index is 1170. The van der Waals surface area contributed by atoms with Gasteiger partial charge in [0, 0.05) is 20.9 Å². The molecule has 150 valence electrons. The number of hydrazone groups is 1. The maximum atomic E-state index is 5.74. The number of hydrogen-bond acceptors (Lipinski definition) is 6. The highest BCUT2D eigenvalue weighted by Crippen LogP contribution is 2.39. The number of halogens is 1. The van der Waals surface area contributed by atoms with Crippen LogP contribution in [0.5, 0.6) is 5.75 Å². The lowest BCUT2D eigenvalue weighted by Crippen LogP contribution is -2.17. The molecule has 7 heteroatoms. The van der Waals surface area contributed by atoms with E-state index in [4.69, 9.17) is 19.2 Å². The SMILES string of the molecule is COc1ccc(C2=NN(c3nc(-c4ccc(I)cc4)cs3)C(c3ccco3)C2)cc1. The van der Waals surface area contributed by atoms with Gasteiger partial charge in [-0.1, -0.05) is 12.1 Å². The minimum atomic E-state index is -0.0205. The second kappa shape index (κ2) is 8.23. The first-order valence-electron chi connectivity index (χ1n) is 9.47. The Morgan fingerprint density at radius 2 is 1.83 bits per heavy atom. The summed E-state index contributed by atoms with van der Waals surface area (Å²) < 4.78 is 12.2. The summed E-state index contributed by atoms with van der Waals surface area (Å²) in [6.45, 7) is 0. The molecule has 0 spiro atoms. The van der Waals surface area contributed by atoms with Crippen LogP contribution in [0.25, 0.3) is 11.3 Å². The Kier molecular flexibility index (Phi) is 5.30. The summed E-state index contributed by atoms with van der Waals surface area (Å²) in [7, 11) is 1.67.